The Kier molecular flexibility index (Phi) is 7.98. The van der Waals surface area contributed by atoms with Crippen molar-refractivity contribution in [2.75, 3.05) is 31.2 Å². The van der Waals surface area contributed by atoms with Gasteiger partial charge in [0.25, 0.3) is 0 Å². The molecule has 0 aliphatic carbocycles. The lowest BCUT2D eigenvalue weighted by molar-refractivity contribution is 0.0180. The molecule has 3 rings (SSSR count). The number of nitrogens with zero attached hydrogens (tertiary/aromatic N) is 2. The van der Waals surface area contributed by atoms with Gasteiger partial charge in [-0.2, -0.15) is 0 Å². The first kappa shape index (κ1) is 25.4. The summed E-state index contributed by atoms with van der Waals surface area (Å²) >= 11 is 0. The van der Waals surface area contributed by atoms with E-state index in [0.717, 1.165) is 42.9 Å². The summed E-state index contributed by atoms with van der Waals surface area (Å²) < 4.78 is 12.3. The van der Waals surface area contributed by atoms with Crippen molar-refractivity contribution >= 4 is 20.1 Å². The fourth-order valence-corrected chi connectivity index (χ4v) is 4.89. The molecule has 7 heteroatoms. The third-order valence-electron chi connectivity index (χ3n) is 7.03. The Balaban J connectivity index is 1.59. The van der Waals surface area contributed by atoms with E-state index in [-0.39, 0.29) is 16.7 Å². The number of anilines is 1. The highest BCUT2D eigenvalue weighted by Crippen LogP contribution is 2.36. The molecule has 0 spiro atoms. The predicted octanol–water partition coefficient (Wildman–Crippen LogP) is 5.76. The van der Waals surface area contributed by atoms with E-state index in [4.69, 9.17) is 9.16 Å². The fourth-order valence-electron chi connectivity index (χ4n) is 3.87. The van der Waals surface area contributed by atoms with E-state index < -0.39 is 14.3 Å². The number of aromatic carboxylic acids is 1. The van der Waals surface area contributed by atoms with Crippen molar-refractivity contribution in [2.24, 2.45) is 0 Å². The third kappa shape index (κ3) is 6.22. The molecule has 1 saturated heterocycles. The van der Waals surface area contributed by atoms with E-state index in [0.29, 0.717) is 18.8 Å². The van der Waals surface area contributed by atoms with Crippen LogP contribution in [0.2, 0.25) is 18.1 Å². The quantitative estimate of drug-likeness (QED) is 0.390. The van der Waals surface area contributed by atoms with Crippen LogP contribution in [0, 0.1) is 6.92 Å². The second kappa shape index (κ2) is 10.4. The number of hydrogen-bond donors (Lipinski definition) is 1. The second-order valence-electron chi connectivity index (χ2n) is 10.4. The van der Waals surface area contributed by atoms with E-state index in [1.54, 1.807) is 0 Å². The van der Waals surface area contributed by atoms with E-state index in [9.17, 15) is 9.90 Å². The topological polar surface area (TPSA) is 71.9 Å². The fraction of sp³-hybridized carbons (Fsp3) is 0.538. The lowest BCUT2D eigenvalue weighted by Gasteiger charge is -2.36. The number of rotatable bonds is 8. The van der Waals surface area contributed by atoms with Crippen LogP contribution >= 0.6 is 0 Å². The normalized spacial score (nSPS) is 15.6. The van der Waals surface area contributed by atoms with E-state index in [2.05, 4.69) is 43.7 Å². The molecule has 1 aliphatic rings. The Morgan fingerprint density at radius 2 is 1.82 bits per heavy atom. The molecule has 0 radical (unpaired) electrons. The maximum Gasteiger partial charge on any atom is 0.337 e. The van der Waals surface area contributed by atoms with Crippen molar-refractivity contribution in [3.05, 3.63) is 47.7 Å². The summed E-state index contributed by atoms with van der Waals surface area (Å²) in [6.07, 6.45) is 3.54. The van der Waals surface area contributed by atoms with Crippen LogP contribution < -0.4 is 4.90 Å². The van der Waals surface area contributed by atoms with Crippen molar-refractivity contribution in [3.8, 4) is 11.1 Å². The Hall–Kier alpha value is -2.22. The van der Waals surface area contributed by atoms with Crippen LogP contribution in [0.1, 0.15) is 49.5 Å². The van der Waals surface area contributed by atoms with Crippen LogP contribution in [0.15, 0.2) is 36.5 Å². The van der Waals surface area contributed by atoms with Crippen LogP contribution in [-0.2, 0) is 9.16 Å². The Labute approximate surface area is 199 Å². The number of aromatic nitrogens is 1. The van der Waals surface area contributed by atoms with Gasteiger partial charge in [-0.1, -0.05) is 45.0 Å². The van der Waals surface area contributed by atoms with E-state index in [1.807, 2.05) is 37.3 Å². The molecule has 0 amide bonds. The number of piperidine rings is 1. The summed E-state index contributed by atoms with van der Waals surface area (Å²) in [4.78, 5) is 18.5. The monoisotopic (exact) mass is 470 g/mol. The molecule has 1 N–H and O–H groups in total. The van der Waals surface area contributed by atoms with Crippen molar-refractivity contribution in [1.82, 2.24) is 4.98 Å². The molecule has 33 heavy (non-hydrogen) atoms. The van der Waals surface area contributed by atoms with Gasteiger partial charge in [-0.05, 0) is 55.1 Å². The zero-order valence-corrected chi connectivity index (χ0v) is 21.9. The summed E-state index contributed by atoms with van der Waals surface area (Å²) in [5, 5.41) is 9.88. The minimum absolute atomic E-state index is 0.207. The van der Waals surface area contributed by atoms with Crippen molar-refractivity contribution < 1.29 is 19.1 Å². The maximum atomic E-state index is 11.8. The van der Waals surface area contributed by atoms with Gasteiger partial charge in [0, 0.05) is 24.8 Å². The van der Waals surface area contributed by atoms with Gasteiger partial charge in [0.15, 0.2) is 8.32 Å². The van der Waals surface area contributed by atoms with Gasteiger partial charge in [0.1, 0.15) is 5.82 Å². The molecule has 1 fully saturated rings. The molecule has 0 atom stereocenters. The van der Waals surface area contributed by atoms with Crippen LogP contribution in [0.3, 0.4) is 0 Å². The van der Waals surface area contributed by atoms with Crippen LogP contribution in [0.4, 0.5) is 5.82 Å². The molecule has 0 bridgehead atoms. The highest BCUT2D eigenvalue weighted by molar-refractivity contribution is 6.74. The minimum atomic E-state index is -1.74. The molecule has 180 valence electrons. The van der Waals surface area contributed by atoms with Crippen LogP contribution in [-0.4, -0.2) is 56.8 Å². The molecular weight excluding hydrogens is 432 g/mol. The Morgan fingerprint density at radius 3 is 2.42 bits per heavy atom. The maximum absolute atomic E-state index is 11.8. The SMILES string of the molecule is Cc1ccccc1-c1cc(N2CCC(OCCO[Si](C)(C)C(C)(C)C)CC2)ncc1C(=O)O. The van der Waals surface area contributed by atoms with Crippen molar-refractivity contribution in [1.29, 1.82) is 0 Å². The average molecular weight is 471 g/mol. The lowest BCUT2D eigenvalue weighted by atomic mass is 9.97. The molecule has 1 aliphatic heterocycles. The molecule has 1 aromatic carbocycles. The summed E-state index contributed by atoms with van der Waals surface area (Å²) in [5.74, 6) is -0.141. The average Bonchev–Trinajstić information content (AvgIpc) is 2.76. The standard InChI is InChI=1S/C26H38N2O4Si/c1-19-9-7-8-10-21(19)22-17-24(27-18-23(22)25(29)30)28-13-11-20(12-14-28)31-15-16-32-33(5,6)26(2,3)4/h7-10,17-18,20H,11-16H2,1-6H3,(H,29,30). The Bertz CT molecular complexity index is 963. The van der Waals surface area contributed by atoms with Gasteiger partial charge >= 0.3 is 5.97 Å². The highest BCUT2D eigenvalue weighted by Gasteiger charge is 2.37. The molecule has 0 saturated carbocycles. The van der Waals surface area contributed by atoms with Crippen LogP contribution in [0.25, 0.3) is 11.1 Å². The van der Waals surface area contributed by atoms with Gasteiger partial charge in [0.2, 0.25) is 0 Å². The molecule has 6 nitrogen and oxygen atoms in total. The smallest absolute Gasteiger partial charge is 0.337 e. The number of hydrogen-bond acceptors (Lipinski definition) is 5. The van der Waals surface area contributed by atoms with Gasteiger partial charge in [0.05, 0.1) is 24.9 Å². The summed E-state index contributed by atoms with van der Waals surface area (Å²) in [5.41, 5.74) is 2.92. The molecule has 0 unspecified atom stereocenters. The van der Waals surface area contributed by atoms with E-state index >= 15 is 0 Å². The summed E-state index contributed by atoms with van der Waals surface area (Å²) in [6, 6.07) is 9.78. The number of carboxylic acids is 1. The van der Waals surface area contributed by atoms with Gasteiger partial charge in [-0.25, -0.2) is 9.78 Å². The number of carbonyl (C=O) groups is 1. The van der Waals surface area contributed by atoms with Gasteiger partial charge in [-0.3, -0.25) is 0 Å². The summed E-state index contributed by atoms with van der Waals surface area (Å²) in [7, 11) is -1.74. The van der Waals surface area contributed by atoms with Crippen molar-refractivity contribution in [3.63, 3.8) is 0 Å². The second-order valence-corrected chi connectivity index (χ2v) is 15.2. The summed E-state index contributed by atoms with van der Waals surface area (Å²) in [6.45, 7) is 16.2. The number of benzene rings is 1. The zero-order chi connectivity index (χ0) is 24.2. The first-order chi connectivity index (χ1) is 15.5. The van der Waals surface area contributed by atoms with Gasteiger partial charge in [-0.15, -0.1) is 0 Å². The number of carboxylic acid groups (broad SMARTS) is 1. The zero-order valence-electron chi connectivity index (χ0n) is 20.9. The molecular formula is C26H38N2O4Si. The lowest BCUT2D eigenvalue weighted by Crippen LogP contribution is -2.42. The molecule has 2 heterocycles. The highest BCUT2D eigenvalue weighted by atomic mass is 28.4. The molecule has 2 aromatic rings. The number of pyridine rings is 1. The Morgan fingerprint density at radius 1 is 1.15 bits per heavy atom. The first-order valence-corrected chi connectivity index (χ1v) is 14.7. The van der Waals surface area contributed by atoms with Crippen LogP contribution in [0.5, 0.6) is 0 Å². The minimum Gasteiger partial charge on any atom is -0.478 e. The third-order valence-corrected chi connectivity index (χ3v) is 11.6. The number of ether oxygens (including phenoxy) is 1. The first-order valence-electron chi connectivity index (χ1n) is 11.8. The van der Waals surface area contributed by atoms with E-state index in [1.165, 1.54) is 6.20 Å². The largest absolute Gasteiger partial charge is 0.478 e. The van der Waals surface area contributed by atoms with Gasteiger partial charge < -0.3 is 19.2 Å². The predicted molar refractivity (Wildman–Crippen MR) is 136 cm³/mol. The molecule has 1 aromatic heterocycles. The van der Waals surface area contributed by atoms with Crippen molar-refractivity contribution in [2.45, 2.75) is 64.8 Å². The number of aryl methyl sites for hydroxylation is 1.